The summed E-state index contributed by atoms with van der Waals surface area (Å²) in [5.74, 6) is -2.43. The molecule has 10 heteroatoms. The Hall–Kier alpha value is -2.78. The lowest BCUT2D eigenvalue weighted by molar-refractivity contribution is -0.141. The first-order valence-electron chi connectivity index (χ1n) is 8.05. The van der Waals surface area contributed by atoms with E-state index in [4.69, 9.17) is 4.74 Å². The van der Waals surface area contributed by atoms with Crippen molar-refractivity contribution in [2.24, 2.45) is 0 Å². The number of halogens is 5. The maximum absolute atomic E-state index is 13.8. The zero-order chi connectivity index (χ0) is 19.6. The lowest BCUT2D eigenvalue weighted by Crippen LogP contribution is -2.44. The first kappa shape index (κ1) is 19.0. The van der Waals surface area contributed by atoms with E-state index in [-0.39, 0.29) is 12.1 Å². The highest BCUT2D eigenvalue weighted by molar-refractivity contribution is 5.94. The molecule has 0 saturated carbocycles. The summed E-state index contributed by atoms with van der Waals surface area (Å²) in [6.45, 7) is 0.341. The monoisotopic (exact) mass is 387 g/mol. The van der Waals surface area contributed by atoms with Crippen LogP contribution in [-0.2, 0) is 6.18 Å². The second kappa shape index (κ2) is 7.45. The molecule has 1 saturated heterocycles. The highest BCUT2D eigenvalue weighted by Gasteiger charge is 2.34. The highest BCUT2D eigenvalue weighted by atomic mass is 19.4. The van der Waals surface area contributed by atoms with Gasteiger partial charge in [0.25, 0.3) is 5.91 Å². The normalized spacial score (nSPS) is 17.7. The van der Waals surface area contributed by atoms with Crippen molar-refractivity contribution < 1.29 is 31.5 Å². The summed E-state index contributed by atoms with van der Waals surface area (Å²) in [6.07, 6.45) is -3.37. The Labute approximate surface area is 150 Å². The van der Waals surface area contributed by atoms with Gasteiger partial charge in [-0.2, -0.15) is 18.2 Å². The van der Waals surface area contributed by atoms with Gasteiger partial charge in [0.2, 0.25) is 0 Å². The van der Waals surface area contributed by atoms with E-state index < -0.39 is 41.5 Å². The standard InChI is InChI=1S/C17H14F5N3O2/c18-10-3-4-12(13(19)8-10)15(26)25-7-1-2-11(9-25)27-16-23-6-5-14(24-16)17(20,21)22/h3-6,8,11H,1-2,7,9H2. The Bertz CT molecular complexity index is 844. The number of amides is 1. The number of nitrogens with zero attached hydrogens (tertiary/aromatic N) is 3. The predicted octanol–water partition coefficient (Wildman–Crippen LogP) is 3.46. The van der Waals surface area contributed by atoms with Crippen LogP contribution in [0.15, 0.2) is 30.5 Å². The molecule has 144 valence electrons. The van der Waals surface area contributed by atoms with E-state index in [0.717, 1.165) is 24.4 Å². The number of likely N-dealkylation sites (tertiary alicyclic amines) is 1. The van der Waals surface area contributed by atoms with Gasteiger partial charge in [-0.25, -0.2) is 13.8 Å². The third kappa shape index (κ3) is 4.50. The van der Waals surface area contributed by atoms with Crippen LogP contribution in [0.5, 0.6) is 6.01 Å². The van der Waals surface area contributed by atoms with Gasteiger partial charge >= 0.3 is 12.2 Å². The minimum Gasteiger partial charge on any atom is -0.458 e. The van der Waals surface area contributed by atoms with Gasteiger partial charge < -0.3 is 9.64 Å². The fourth-order valence-corrected chi connectivity index (χ4v) is 2.76. The van der Waals surface area contributed by atoms with E-state index in [9.17, 15) is 26.7 Å². The molecule has 1 aromatic heterocycles. The molecule has 0 bridgehead atoms. The summed E-state index contributed by atoms with van der Waals surface area (Å²) in [7, 11) is 0. The summed E-state index contributed by atoms with van der Waals surface area (Å²) < 4.78 is 70.3. The Balaban J connectivity index is 1.70. The molecule has 0 N–H and O–H groups in total. The molecule has 0 radical (unpaired) electrons. The van der Waals surface area contributed by atoms with Crippen molar-refractivity contribution in [2.45, 2.75) is 25.1 Å². The number of alkyl halides is 3. The molecule has 0 spiro atoms. The fourth-order valence-electron chi connectivity index (χ4n) is 2.76. The van der Waals surface area contributed by atoms with Crippen LogP contribution in [0.1, 0.15) is 28.9 Å². The summed E-state index contributed by atoms with van der Waals surface area (Å²) in [5.41, 5.74) is -1.42. The van der Waals surface area contributed by atoms with Crippen LogP contribution >= 0.6 is 0 Å². The fraction of sp³-hybridized carbons (Fsp3) is 0.353. The van der Waals surface area contributed by atoms with E-state index >= 15 is 0 Å². The molecule has 1 unspecified atom stereocenters. The molecule has 3 rings (SSSR count). The number of aromatic nitrogens is 2. The number of hydrogen-bond donors (Lipinski definition) is 0. The van der Waals surface area contributed by atoms with Gasteiger partial charge in [-0.3, -0.25) is 4.79 Å². The number of benzene rings is 1. The van der Waals surface area contributed by atoms with Gasteiger partial charge in [0.1, 0.15) is 17.7 Å². The van der Waals surface area contributed by atoms with Gasteiger partial charge in [0, 0.05) is 18.8 Å². The second-order valence-corrected chi connectivity index (χ2v) is 5.98. The van der Waals surface area contributed by atoms with Crippen LogP contribution in [0, 0.1) is 11.6 Å². The lowest BCUT2D eigenvalue weighted by Gasteiger charge is -2.32. The Morgan fingerprint density at radius 2 is 2.00 bits per heavy atom. The SMILES string of the molecule is O=C(c1ccc(F)cc1F)N1CCCC(Oc2nccc(C(F)(F)F)n2)C1. The number of rotatable bonds is 3. The topological polar surface area (TPSA) is 55.3 Å². The molecule has 1 amide bonds. The van der Waals surface area contributed by atoms with Crippen molar-refractivity contribution in [1.29, 1.82) is 0 Å². The van der Waals surface area contributed by atoms with E-state index in [0.29, 0.717) is 25.5 Å². The smallest absolute Gasteiger partial charge is 0.433 e. The molecular formula is C17H14F5N3O2. The lowest BCUT2D eigenvalue weighted by atomic mass is 10.1. The first-order valence-corrected chi connectivity index (χ1v) is 8.05. The van der Waals surface area contributed by atoms with Crippen molar-refractivity contribution in [3.05, 3.63) is 53.4 Å². The van der Waals surface area contributed by atoms with Crippen molar-refractivity contribution in [2.75, 3.05) is 13.1 Å². The summed E-state index contributed by atoms with van der Waals surface area (Å²) >= 11 is 0. The number of ether oxygens (including phenoxy) is 1. The zero-order valence-electron chi connectivity index (χ0n) is 13.8. The number of carbonyl (C=O) groups is 1. The molecule has 2 heterocycles. The molecule has 1 fully saturated rings. The van der Waals surface area contributed by atoms with Gasteiger partial charge in [0.05, 0.1) is 12.1 Å². The van der Waals surface area contributed by atoms with Crippen LogP contribution < -0.4 is 4.74 Å². The van der Waals surface area contributed by atoms with Gasteiger partial charge in [-0.15, -0.1) is 0 Å². The third-order valence-corrected chi connectivity index (χ3v) is 4.02. The molecule has 1 atom stereocenters. The maximum atomic E-state index is 13.8. The minimum absolute atomic E-state index is 0.0231. The van der Waals surface area contributed by atoms with E-state index in [1.165, 1.54) is 4.90 Å². The number of piperidine rings is 1. The van der Waals surface area contributed by atoms with Crippen molar-refractivity contribution in [3.8, 4) is 6.01 Å². The average Bonchev–Trinajstić information content (AvgIpc) is 2.61. The van der Waals surface area contributed by atoms with Crippen LogP contribution in [0.4, 0.5) is 22.0 Å². The van der Waals surface area contributed by atoms with Crippen LogP contribution in [-0.4, -0.2) is 40.0 Å². The number of hydrogen-bond acceptors (Lipinski definition) is 4. The van der Waals surface area contributed by atoms with Gasteiger partial charge in [0.15, 0.2) is 5.69 Å². The van der Waals surface area contributed by atoms with Crippen LogP contribution in [0.2, 0.25) is 0 Å². The first-order chi connectivity index (χ1) is 12.7. The molecule has 1 aromatic carbocycles. The van der Waals surface area contributed by atoms with E-state index in [1.807, 2.05) is 0 Å². The van der Waals surface area contributed by atoms with Crippen LogP contribution in [0.25, 0.3) is 0 Å². The maximum Gasteiger partial charge on any atom is 0.433 e. The molecule has 27 heavy (non-hydrogen) atoms. The zero-order valence-corrected chi connectivity index (χ0v) is 13.8. The largest absolute Gasteiger partial charge is 0.458 e. The molecule has 0 aliphatic carbocycles. The van der Waals surface area contributed by atoms with Crippen LogP contribution in [0.3, 0.4) is 0 Å². The molecule has 2 aromatic rings. The summed E-state index contributed by atoms with van der Waals surface area (Å²) in [6, 6.07) is 2.91. The summed E-state index contributed by atoms with van der Waals surface area (Å²) in [5, 5.41) is 0. The molecule has 1 aliphatic heterocycles. The van der Waals surface area contributed by atoms with Gasteiger partial charge in [-0.1, -0.05) is 0 Å². The molecule has 1 aliphatic rings. The van der Waals surface area contributed by atoms with Crippen molar-refractivity contribution >= 4 is 5.91 Å². The molecule has 5 nitrogen and oxygen atoms in total. The second-order valence-electron chi connectivity index (χ2n) is 5.98. The van der Waals surface area contributed by atoms with Gasteiger partial charge in [-0.05, 0) is 31.0 Å². The van der Waals surface area contributed by atoms with E-state index in [2.05, 4.69) is 9.97 Å². The predicted molar refractivity (Wildman–Crippen MR) is 82.9 cm³/mol. The number of carbonyl (C=O) groups excluding carboxylic acids is 1. The quantitative estimate of drug-likeness (QED) is 0.757. The van der Waals surface area contributed by atoms with E-state index in [1.54, 1.807) is 0 Å². The minimum atomic E-state index is -4.63. The average molecular weight is 387 g/mol. The Kier molecular flexibility index (Phi) is 5.24. The third-order valence-electron chi connectivity index (χ3n) is 4.02. The highest BCUT2D eigenvalue weighted by Crippen LogP contribution is 2.28. The molecular weight excluding hydrogens is 373 g/mol. The Morgan fingerprint density at radius 3 is 2.70 bits per heavy atom. The van der Waals surface area contributed by atoms with Crippen molar-refractivity contribution in [3.63, 3.8) is 0 Å². The Morgan fingerprint density at radius 1 is 1.22 bits per heavy atom. The van der Waals surface area contributed by atoms with Crippen molar-refractivity contribution in [1.82, 2.24) is 14.9 Å². The summed E-state index contributed by atoms with van der Waals surface area (Å²) in [4.78, 5) is 20.7.